The van der Waals surface area contributed by atoms with Crippen LogP contribution in [0, 0.1) is 0 Å². The standard InChI is InChI=1S/C8H15NO.C7H12N2O/c1-3-8-5-4-6-9(8)7(2)10;1-6(10)9-5-3-4-7(9)8-2/h8H,3-6H2,1-2H3;3-5H2,1-2H3. The summed E-state index contributed by atoms with van der Waals surface area (Å²) in [6.07, 6.45) is 5.52. The Labute approximate surface area is 122 Å². The van der Waals surface area contributed by atoms with Crippen molar-refractivity contribution in [1.29, 1.82) is 0 Å². The van der Waals surface area contributed by atoms with Gasteiger partial charge in [0.15, 0.2) is 0 Å². The number of carbonyl (C=O) groups is 2. The molecular formula is C15H27N3O2. The van der Waals surface area contributed by atoms with Gasteiger partial charge in [0.05, 0.1) is 0 Å². The second-order valence-electron chi connectivity index (χ2n) is 5.33. The molecule has 2 fully saturated rings. The van der Waals surface area contributed by atoms with E-state index in [1.165, 1.54) is 12.8 Å². The molecule has 1 atom stereocenters. The van der Waals surface area contributed by atoms with Crippen LogP contribution >= 0.6 is 0 Å². The third-order valence-electron chi connectivity index (χ3n) is 3.98. The lowest BCUT2D eigenvalue weighted by Gasteiger charge is -2.21. The Morgan fingerprint density at radius 1 is 1.20 bits per heavy atom. The van der Waals surface area contributed by atoms with Crippen molar-refractivity contribution < 1.29 is 9.59 Å². The number of likely N-dealkylation sites (tertiary alicyclic amines) is 2. The highest BCUT2D eigenvalue weighted by molar-refractivity contribution is 5.98. The van der Waals surface area contributed by atoms with Crippen molar-refractivity contribution in [2.24, 2.45) is 4.99 Å². The lowest BCUT2D eigenvalue weighted by Crippen LogP contribution is -2.32. The first-order valence-corrected chi connectivity index (χ1v) is 7.52. The van der Waals surface area contributed by atoms with E-state index in [0.29, 0.717) is 6.04 Å². The average molecular weight is 281 g/mol. The molecule has 0 radical (unpaired) electrons. The first kappa shape index (κ1) is 16.7. The van der Waals surface area contributed by atoms with Gasteiger partial charge >= 0.3 is 0 Å². The van der Waals surface area contributed by atoms with Gasteiger partial charge in [-0.3, -0.25) is 14.6 Å². The van der Waals surface area contributed by atoms with Crippen molar-refractivity contribution >= 4 is 17.6 Å². The lowest BCUT2D eigenvalue weighted by atomic mass is 10.2. The van der Waals surface area contributed by atoms with Gasteiger partial charge in [0.25, 0.3) is 0 Å². The van der Waals surface area contributed by atoms with Gasteiger partial charge in [0.1, 0.15) is 5.84 Å². The molecule has 2 amide bonds. The number of hydrogen-bond donors (Lipinski definition) is 0. The number of amidine groups is 1. The van der Waals surface area contributed by atoms with Crippen LogP contribution in [0.15, 0.2) is 4.99 Å². The number of rotatable bonds is 1. The summed E-state index contributed by atoms with van der Waals surface area (Å²) in [5.41, 5.74) is 0. The smallest absolute Gasteiger partial charge is 0.224 e. The quantitative estimate of drug-likeness (QED) is 0.739. The molecule has 0 bridgehead atoms. The predicted molar refractivity (Wildman–Crippen MR) is 80.7 cm³/mol. The lowest BCUT2D eigenvalue weighted by molar-refractivity contribution is -0.129. The van der Waals surface area contributed by atoms with Crippen LogP contribution in [-0.4, -0.2) is 53.6 Å². The zero-order valence-corrected chi connectivity index (χ0v) is 13.2. The molecule has 20 heavy (non-hydrogen) atoms. The second kappa shape index (κ2) is 8.02. The fraction of sp³-hybridized carbons (Fsp3) is 0.800. The average Bonchev–Trinajstić information content (AvgIpc) is 3.07. The molecular weight excluding hydrogens is 254 g/mol. The van der Waals surface area contributed by atoms with Gasteiger partial charge in [-0.2, -0.15) is 0 Å². The second-order valence-corrected chi connectivity index (χ2v) is 5.33. The molecule has 5 nitrogen and oxygen atoms in total. The van der Waals surface area contributed by atoms with Crippen LogP contribution in [0.3, 0.4) is 0 Å². The number of nitrogens with zero attached hydrogens (tertiary/aromatic N) is 3. The van der Waals surface area contributed by atoms with Crippen molar-refractivity contribution in [3.63, 3.8) is 0 Å². The Hall–Kier alpha value is -1.39. The van der Waals surface area contributed by atoms with Gasteiger partial charge in [0, 0.05) is 46.4 Å². The largest absolute Gasteiger partial charge is 0.340 e. The van der Waals surface area contributed by atoms with Gasteiger partial charge < -0.3 is 9.80 Å². The van der Waals surface area contributed by atoms with Crippen molar-refractivity contribution in [1.82, 2.24) is 9.80 Å². The monoisotopic (exact) mass is 281 g/mol. The Kier molecular flexibility index (Phi) is 6.68. The Balaban J connectivity index is 0.000000200. The first-order valence-electron chi connectivity index (χ1n) is 7.52. The van der Waals surface area contributed by atoms with Crippen molar-refractivity contribution in [2.75, 3.05) is 20.1 Å². The Bertz CT molecular complexity index is 379. The maximum absolute atomic E-state index is 10.9. The number of amides is 2. The molecule has 0 aliphatic carbocycles. The van der Waals surface area contributed by atoms with E-state index < -0.39 is 0 Å². The number of aliphatic imine (C=N–C) groups is 1. The SMILES string of the molecule is CCC1CCCN1C(C)=O.CN=C1CCCN1C(C)=O. The van der Waals surface area contributed by atoms with Crippen LogP contribution in [0.2, 0.25) is 0 Å². The minimum atomic E-state index is 0.109. The highest BCUT2D eigenvalue weighted by Gasteiger charge is 2.24. The van der Waals surface area contributed by atoms with Gasteiger partial charge in [0.2, 0.25) is 11.8 Å². The van der Waals surface area contributed by atoms with Crippen LogP contribution in [0.4, 0.5) is 0 Å². The molecule has 2 aliphatic heterocycles. The fourth-order valence-corrected chi connectivity index (χ4v) is 2.91. The van der Waals surface area contributed by atoms with E-state index in [4.69, 9.17) is 0 Å². The Morgan fingerprint density at radius 3 is 2.30 bits per heavy atom. The topological polar surface area (TPSA) is 53.0 Å². The third kappa shape index (κ3) is 4.32. The molecule has 0 aromatic carbocycles. The summed E-state index contributed by atoms with van der Waals surface area (Å²) in [4.78, 5) is 29.5. The van der Waals surface area contributed by atoms with E-state index in [1.807, 2.05) is 4.90 Å². The maximum Gasteiger partial charge on any atom is 0.224 e. The van der Waals surface area contributed by atoms with Crippen LogP contribution < -0.4 is 0 Å². The molecule has 0 spiro atoms. The molecule has 0 saturated carbocycles. The van der Waals surface area contributed by atoms with E-state index in [0.717, 1.165) is 38.2 Å². The molecule has 2 saturated heterocycles. The van der Waals surface area contributed by atoms with E-state index >= 15 is 0 Å². The van der Waals surface area contributed by atoms with Gasteiger partial charge in [-0.1, -0.05) is 6.92 Å². The molecule has 0 aromatic rings. The summed E-state index contributed by atoms with van der Waals surface area (Å²) >= 11 is 0. The number of hydrogen-bond acceptors (Lipinski definition) is 3. The van der Waals surface area contributed by atoms with E-state index in [1.54, 1.807) is 25.8 Å². The highest BCUT2D eigenvalue weighted by atomic mass is 16.2. The van der Waals surface area contributed by atoms with Gasteiger partial charge in [-0.25, -0.2) is 0 Å². The van der Waals surface area contributed by atoms with Crippen molar-refractivity contribution in [2.45, 2.75) is 58.9 Å². The van der Waals surface area contributed by atoms with Crippen molar-refractivity contribution in [3.05, 3.63) is 0 Å². The number of carbonyl (C=O) groups excluding carboxylic acids is 2. The van der Waals surface area contributed by atoms with E-state index in [2.05, 4.69) is 11.9 Å². The van der Waals surface area contributed by atoms with Crippen LogP contribution in [-0.2, 0) is 9.59 Å². The van der Waals surface area contributed by atoms with Gasteiger partial charge in [-0.05, 0) is 25.7 Å². The minimum absolute atomic E-state index is 0.109. The van der Waals surface area contributed by atoms with Crippen LogP contribution in [0.25, 0.3) is 0 Å². The van der Waals surface area contributed by atoms with E-state index in [9.17, 15) is 9.59 Å². The normalized spacial score (nSPS) is 23.8. The summed E-state index contributed by atoms with van der Waals surface area (Å²) in [5, 5.41) is 0. The van der Waals surface area contributed by atoms with Crippen LogP contribution in [0.5, 0.6) is 0 Å². The molecule has 1 unspecified atom stereocenters. The summed E-state index contributed by atoms with van der Waals surface area (Å²) in [6.45, 7) is 7.21. The molecule has 0 N–H and O–H groups in total. The zero-order chi connectivity index (χ0) is 15.1. The summed E-state index contributed by atoms with van der Waals surface area (Å²) in [7, 11) is 1.73. The maximum atomic E-state index is 10.9. The highest BCUT2D eigenvalue weighted by Crippen LogP contribution is 2.19. The third-order valence-corrected chi connectivity index (χ3v) is 3.98. The minimum Gasteiger partial charge on any atom is -0.340 e. The zero-order valence-electron chi connectivity index (χ0n) is 13.2. The summed E-state index contributed by atoms with van der Waals surface area (Å²) in [6, 6.07) is 0.539. The molecule has 114 valence electrons. The van der Waals surface area contributed by atoms with Crippen molar-refractivity contribution in [3.8, 4) is 0 Å². The first-order chi connectivity index (χ1) is 9.51. The Morgan fingerprint density at radius 2 is 1.90 bits per heavy atom. The summed E-state index contributed by atoms with van der Waals surface area (Å²) in [5.74, 6) is 1.29. The molecule has 5 heteroatoms. The van der Waals surface area contributed by atoms with Crippen LogP contribution in [0.1, 0.15) is 52.9 Å². The molecule has 2 heterocycles. The fourth-order valence-electron chi connectivity index (χ4n) is 2.91. The summed E-state index contributed by atoms with van der Waals surface area (Å²) < 4.78 is 0. The van der Waals surface area contributed by atoms with E-state index in [-0.39, 0.29) is 11.8 Å². The molecule has 0 aromatic heterocycles. The predicted octanol–water partition coefficient (Wildman–Crippen LogP) is 2.06. The molecule has 2 rings (SSSR count). The molecule has 2 aliphatic rings. The van der Waals surface area contributed by atoms with Gasteiger partial charge in [-0.15, -0.1) is 0 Å².